The Kier molecular flexibility index (Phi) is 5.31. The summed E-state index contributed by atoms with van der Waals surface area (Å²) < 4.78 is 10.3. The van der Waals surface area contributed by atoms with E-state index in [-0.39, 0.29) is 0 Å². The maximum Gasteiger partial charge on any atom is 0.213 e. The number of anilines is 1. The van der Waals surface area contributed by atoms with Crippen molar-refractivity contribution in [3.63, 3.8) is 0 Å². The Morgan fingerprint density at radius 3 is 2.70 bits per heavy atom. The summed E-state index contributed by atoms with van der Waals surface area (Å²) in [5.41, 5.74) is 2.06. The van der Waals surface area contributed by atoms with Crippen LogP contribution in [-0.2, 0) is 11.3 Å². The van der Waals surface area contributed by atoms with Gasteiger partial charge in [-0.25, -0.2) is 9.97 Å². The summed E-state index contributed by atoms with van der Waals surface area (Å²) in [6.45, 7) is 5.89. The van der Waals surface area contributed by atoms with Gasteiger partial charge in [-0.2, -0.15) is 0 Å². The van der Waals surface area contributed by atoms with E-state index in [9.17, 15) is 0 Å². The number of hydrogen-bond donors (Lipinski definition) is 1. The van der Waals surface area contributed by atoms with E-state index < -0.39 is 0 Å². The van der Waals surface area contributed by atoms with Gasteiger partial charge in [0.2, 0.25) is 5.88 Å². The molecule has 0 spiro atoms. The van der Waals surface area contributed by atoms with Crippen LogP contribution in [0.25, 0.3) is 0 Å². The predicted octanol–water partition coefficient (Wildman–Crippen LogP) is 2.79. The predicted molar refractivity (Wildman–Crippen MR) is 80.5 cm³/mol. The fourth-order valence-corrected chi connectivity index (χ4v) is 2.60. The second-order valence-corrected chi connectivity index (χ2v) is 5.61. The van der Waals surface area contributed by atoms with Crippen LogP contribution in [0.15, 0.2) is 18.3 Å². The largest absolute Gasteiger partial charge is 0.475 e. The van der Waals surface area contributed by atoms with Crippen molar-refractivity contribution in [1.82, 2.24) is 9.97 Å². The Morgan fingerprint density at radius 1 is 1.25 bits per heavy atom. The van der Waals surface area contributed by atoms with Gasteiger partial charge in [0.05, 0.1) is 35.7 Å². The summed E-state index contributed by atoms with van der Waals surface area (Å²) in [5.74, 6) is 0.609. The first-order valence-corrected chi connectivity index (χ1v) is 7.25. The lowest BCUT2D eigenvalue weighted by molar-refractivity contribution is 0.144. The number of ether oxygens (including phenoxy) is 2. The molecule has 0 amide bonds. The maximum absolute atomic E-state index is 5.41. The molecule has 0 unspecified atom stereocenters. The zero-order valence-corrected chi connectivity index (χ0v) is 12.8. The molecule has 2 aromatic rings. The van der Waals surface area contributed by atoms with E-state index in [0.29, 0.717) is 19.1 Å². The minimum atomic E-state index is 0.510. The Morgan fingerprint density at radius 2 is 2.10 bits per heavy atom. The summed E-state index contributed by atoms with van der Waals surface area (Å²) in [6.07, 6.45) is 1.77. The van der Waals surface area contributed by atoms with Gasteiger partial charge in [0, 0.05) is 18.1 Å². The molecule has 0 radical (unpaired) electrons. The molecule has 0 saturated heterocycles. The fourth-order valence-electron chi connectivity index (χ4n) is 1.72. The van der Waals surface area contributed by atoms with Gasteiger partial charge >= 0.3 is 0 Å². The van der Waals surface area contributed by atoms with Gasteiger partial charge in [0.15, 0.2) is 0 Å². The van der Waals surface area contributed by atoms with Gasteiger partial charge in [-0.15, -0.1) is 11.3 Å². The first kappa shape index (κ1) is 14.7. The van der Waals surface area contributed by atoms with Crippen LogP contribution in [0, 0.1) is 13.8 Å². The zero-order valence-electron chi connectivity index (χ0n) is 12.0. The van der Waals surface area contributed by atoms with E-state index >= 15 is 0 Å². The average Bonchev–Trinajstić information content (AvgIpc) is 2.76. The van der Waals surface area contributed by atoms with Gasteiger partial charge in [-0.1, -0.05) is 0 Å². The molecule has 0 aromatic carbocycles. The number of pyridine rings is 1. The van der Waals surface area contributed by atoms with Crippen LogP contribution < -0.4 is 10.1 Å². The summed E-state index contributed by atoms with van der Waals surface area (Å²) in [6, 6.07) is 3.81. The van der Waals surface area contributed by atoms with E-state index in [1.54, 1.807) is 24.6 Å². The van der Waals surface area contributed by atoms with E-state index in [2.05, 4.69) is 15.3 Å². The van der Waals surface area contributed by atoms with Crippen molar-refractivity contribution in [3.8, 4) is 5.88 Å². The molecule has 1 N–H and O–H groups in total. The molecule has 0 bridgehead atoms. The number of nitrogens with zero attached hydrogens (tertiary/aromatic N) is 2. The van der Waals surface area contributed by atoms with Crippen molar-refractivity contribution >= 4 is 17.0 Å². The monoisotopic (exact) mass is 293 g/mol. The van der Waals surface area contributed by atoms with Crippen LogP contribution in [0.4, 0.5) is 5.69 Å². The normalized spacial score (nSPS) is 10.6. The van der Waals surface area contributed by atoms with Crippen molar-refractivity contribution in [3.05, 3.63) is 33.9 Å². The lowest BCUT2D eigenvalue weighted by Gasteiger charge is -2.07. The van der Waals surface area contributed by atoms with Gasteiger partial charge in [-0.05, 0) is 19.9 Å². The first-order valence-electron chi connectivity index (χ1n) is 6.43. The molecule has 2 heterocycles. The van der Waals surface area contributed by atoms with Gasteiger partial charge in [-0.3, -0.25) is 0 Å². The molecule has 0 aliphatic rings. The molecular weight excluding hydrogens is 274 g/mol. The van der Waals surface area contributed by atoms with E-state index in [0.717, 1.165) is 22.9 Å². The second-order valence-electron chi connectivity index (χ2n) is 4.32. The molecule has 0 aliphatic heterocycles. The van der Waals surface area contributed by atoms with Crippen molar-refractivity contribution in [2.75, 3.05) is 25.6 Å². The fraction of sp³-hybridized carbons (Fsp3) is 0.429. The minimum Gasteiger partial charge on any atom is -0.475 e. The highest BCUT2D eigenvalue weighted by atomic mass is 32.1. The first-order chi connectivity index (χ1) is 9.69. The summed E-state index contributed by atoms with van der Waals surface area (Å²) in [4.78, 5) is 9.90. The van der Waals surface area contributed by atoms with Crippen molar-refractivity contribution < 1.29 is 9.47 Å². The van der Waals surface area contributed by atoms with Crippen molar-refractivity contribution in [2.45, 2.75) is 20.4 Å². The molecule has 0 aliphatic carbocycles. The summed E-state index contributed by atoms with van der Waals surface area (Å²) in [5, 5.41) is 4.43. The molecule has 20 heavy (non-hydrogen) atoms. The van der Waals surface area contributed by atoms with Crippen LogP contribution in [0.5, 0.6) is 5.88 Å². The minimum absolute atomic E-state index is 0.510. The van der Waals surface area contributed by atoms with Crippen LogP contribution in [0.2, 0.25) is 0 Å². The average molecular weight is 293 g/mol. The number of nitrogens with one attached hydrogen (secondary N) is 1. The number of hydrogen-bond acceptors (Lipinski definition) is 6. The lowest BCUT2D eigenvalue weighted by Crippen LogP contribution is -2.05. The van der Waals surface area contributed by atoms with E-state index in [4.69, 9.17) is 9.47 Å². The zero-order chi connectivity index (χ0) is 14.4. The number of thiazole rings is 1. The molecule has 108 valence electrons. The third kappa shape index (κ3) is 4.18. The van der Waals surface area contributed by atoms with Crippen molar-refractivity contribution in [1.29, 1.82) is 0 Å². The Labute approximate surface area is 123 Å². The molecule has 2 rings (SSSR count). The van der Waals surface area contributed by atoms with Gasteiger partial charge in [0.25, 0.3) is 0 Å². The van der Waals surface area contributed by atoms with Crippen LogP contribution >= 0.6 is 11.3 Å². The van der Waals surface area contributed by atoms with E-state index in [1.165, 1.54) is 4.88 Å². The lowest BCUT2D eigenvalue weighted by atomic mass is 10.3. The standard InChI is InChI=1S/C14H19N3O2S/c1-10-13(20-11(2)17-10)9-15-12-4-5-14(16-8-12)19-7-6-18-3/h4-5,8,15H,6-7,9H2,1-3H3. The highest BCUT2D eigenvalue weighted by Crippen LogP contribution is 2.19. The van der Waals surface area contributed by atoms with Crippen molar-refractivity contribution in [2.24, 2.45) is 0 Å². The Bertz CT molecular complexity index is 540. The highest BCUT2D eigenvalue weighted by Gasteiger charge is 2.04. The summed E-state index contributed by atoms with van der Waals surface area (Å²) in [7, 11) is 1.65. The third-order valence-corrected chi connectivity index (χ3v) is 3.80. The highest BCUT2D eigenvalue weighted by molar-refractivity contribution is 7.11. The number of rotatable bonds is 7. The molecule has 2 aromatic heterocycles. The van der Waals surface area contributed by atoms with Crippen LogP contribution in [-0.4, -0.2) is 30.3 Å². The molecule has 0 saturated carbocycles. The quantitative estimate of drug-likeness (QED) is 0.796. The maximum atomic E-state index is 5.41. The summed E-state index contributed by atoms with van der Waals surface area (Å²) >= 11 is 1.72. The number of methoxy groups -OCH3 is 1. The van der Waals surface area contributed by atoms with Gasteiger partial charge in [0.1, 0.15) is 6.61 Å². The second kappa shape index (κ2) is 7.21. The number of aryl methyl sites for hydroxylation is 2. The Balaban J connectivity index is 1.86. The molecule has 0 fully saturated rings. The Hall–Kier alpha value is -1.66. The molecule has 0 atom stereocenters. The smallest absolute Gasteiger partial charge is 0.213 e. The molecule has 6 heteroatoms. The molecular formula is C14H19N3O2S. The molecule has 5 nitrogen and oxygen atoms in total. The van der Waals surface area contributed by atoms with Crippen LogP contribution in [0.3, 0.4) is 0 Å². The topological polar surface area (TPSA) is 56.3 Å². The number of aromatic nitrogens is 2. The van der Waals surface area contributed by atoms with Gasteiger partial charge < -0.3 is 14.8 Å². The third-order valence-electron chi connectivity index (χ3n) is 2.73. The SMILES string of the molecule is COCCOc1ccc(NCc2sc(C)nc2C)cn1. The van der Waals surface area contributed by atoms with E-state index in [1.807, 2.05) is 26.0 Å². The van der Waals surface area contributed by atoms with Crippen LogP contribution in [0.1, 0.15) is 15.6 Å².